The summed E-state index contributed by atoms with van der Waals surface area (Å²) >= 11 is 17.1. The number of fused-ring (bicyclic) bond motifs is 1. The van der Waals surface area contributed by atoms with Crippen molar-refractivity contribution >= 4 is 58.1 Å². The second kappa shape index (κ2) is 7.39. The number of thiocarbonyl (C=S) groups is 1. The largest absolute Gasteiger partial charge is 0.469 e. The Hall–Kier alpha value is -2.15. The molecule has 0 unspecified atom stereocenters. The summed E-state index contributed by atoms with van der Waals surface area (Å²) in [6.07, 6.45) is 0. The van der Waals surface area contributed by atoms with Crippen LogP contribution < -0.4 is 5.32 Å². The first-order valence-electron chi connectivity index (χ1n) is 7.32. The molecule has 2 aromatic rings. The van der Waals surface area contributed by atoms with Gasteiger partial charge in [0, 0.05) is 0 Å². The normalized spacial score (nSPS) is 13.0. The fraction of sp³-hybridized carbons (Fsp3) is 0.118. The van der Waals surface area contributed by atoms with Crippen molar-refractivity contribution in [1.82, 2.24) is 4.90 Å². The molecular formula is C17H12Cl2N2O3S. The Kier molecular flexibility index (Phi) is 5.22. The van der Waals surface area contributed by atoms with Crippen LogP contribution in [0.5, 0.6) is 0 Å². The predicted molar refractivity (Wildman–Crippen MR) is 100 cm³/mol. The number of halogens is 2. The Balaban J connectivity index is 1.55. The van der Waals surface area contributed by atoms with Gasteiger partial charge in [0.25, 0.3) is 17.0 Å². The lowest BCUT2D eigenvalue weighted by Gasteiger charge is -2.15. The van der Waals surface area contributed by atoms with Crippen LogP contribution in [0.25, 0.3) is 0 Å². The quantitative estimate of drug-likeness (QED) is 0.627. The molecule has 2 aromatic carbocycles. The number of rotatable bonds is 4. The van der Waals surface area contributed by atoms with E-state index in [1.54, 1.807) is 42.5 Å². The lowest BCUT2D eigenvalue weighted by atomic mass is 10.1. The average molecular weight is 395 g/mol. The van der Waals surface area contributed by atoms with Gasteiger partial charge in [-0.2, -0.15) is 0 Å². The highest BCUT2D eigenvalue weighted by Crippen LogP contribution is 2.29. The van der Waals surface area contributed by atoms with Gasteiger partial charge in [-0.15, -0.1) is 0 Å². The molecule has 0 spiro atoms. The summed E-state index contributed by atoms with van der Waals surface area (Å²) in [5.41, 5.74) is 1.32. The molecule has 0 saturated carbocycles. The van der Waals surface area contributed by atoms with Crippen LogP contribution in [0.2, 0.25) is 10.0 Å². The monoisotopic (exact) mass is 394 g/mol. The first kappa shape index (κ1) is 17.7. The molecule has 1 aliphatic heterocycles. The number of hydrogen-bond donors (Lipinski definition) is 1. The van der Waals surface area contributed by atoms with Crippen molar-refractivity contribution in [2.45, 2.75) is 0 Å². The van der Waals surface area contributed by atoms with Crippen molar-refractivity contribution in [3.05, 3.63) is 63.6 Å². The molecule has 0 aliphatic carbocycles. The van der Waals surface area contributed by atoms with Crippen molar-refractivity contribution in [2.24, 2.45) is 0 Å². The van der Waals surface area contributed by atoms with Gasteiger partial charge in [0.2, 0.25) is 0 Å². The van der Waals surface area contributed by atoms with Gasteiger partial charge in [0.1, 0.15) is 6.61 Å². The van der Waals surface area contributed by atoms with Crippen molar-refractivity contribution in [2.75, 3.05) is 18.5 Å². The van der Waals surface area contributed by atoms with E-state index in [2.05, 4.69) is 5.32 Å². The average Bonchev–Trinajstić information content (AvgIpc) is 2.84. The molecule has 0 fully saturated rings. The van der Waals surface area contributed by atoms with E-state index >= 15 is 0 Å². The second-order valence-electron chi connectivity index (χ2n) is 5.17. The van der Waals surface area contributed by atoms with E-state index in [9.17, 15) is 9.59 Å². The summed E-state index contributed by atoms with van der Waals surface area (Å²) in [5, 5.41) is 3.61. The molecule has 0 radical (unpaired) electrons. The number of ether oxygens (including phenoxy) is 1. The molecule has 0 aromatic heterocycles. The number of benzene rings is 2. The SMILES string of the molecule is O=C1c2ccccc2C(=O)N1CCOC(=S)Nc1cccc(Cl)c1Cl. The first-order chi connectivity index (χ1) is 12.0. The van der Waals surface area contributed by atoms with Crippen molar-refractivity contribution in [3.63, 3.8) is 0 Å². The smallest absolute Gasteiger partial charge is 0.261 e. The number of anilines is 1. The van der Waals surface area contributed by atoms with Gasteiger partial charge in [-0.3, -0.25) is 14.5 Å². The molecule has 1 heterocycles. The number of hydrogen-bond acceptors (Lipinski definition) is 4. The number of carbonyl (C=O) groups is 2. The Labute approximate surface area is 159 Å². The van der Waals surface area contributed by atoms with Crippen LogP contribution in [-0.2, 0) is 4.74 Å². The van der Waals surface area contributed by atoms with E-state index in [0.717, 1.165) is 4.90 Å². The molecule has 128 valence electrons. The highest BCUT2D eigenvalue weighted by Gasteiger charge is 2.34. The fourth-order valence-corrected chi connectivity index (χ4v) is 2.96. The van der Waals surface area contributed by atoms with Gasteiger partial charge in [-0.1, -0.05) is 41.4 Å². The Morgan fingerprint density at radius 2 is 1.68 bits per heavy atom. The standard InChI is InChI=1S/C17H12Cl2N2O3S/c18-12-6-3-7-13(14(12)19)20-17(25)24-9-8-21-15(22)10-4-1-2-5-11(10)16(21)23/h1-7H,8-9H2,(H,20,25). The van der Waals surface area contributed by atoms with E-state index in [0.29, 0.717) is 26.9 Å². The van der Waals surface area contributed by atoms with E-state index in [1.807, 2.05) is 0 Å². The molecule has 0 bridgehead atoms. The van der Waals surface area contributed by atoms with Crippen LogP contribution in [0.4, 0.5) is 5.69 Å². The topological polar surface area (TPSA) is 58.6 Å². The zero-order valence-corrected chi connectivity index (χ0v) is 15.1. The van der Waals surface area contributed by atoms with E-state index in [1.165, 1.54) is 0 Å². The molecule has 0 atom stereocenters. The minimum Gasteiger partial charge on any atom is -0.469 e. The van der Waals surface area contributed by atoms with Gasteiger partial charge >= 0.3 is 0 Å². The minimum absolute atomic E-state index is 0.0650. The highest BCUT2D eigenvalue weighted by molar-refractivity contribution is 7.80. The molecule has 5 nitrogen and oxygen atoms in total. The summed E-state index contributed by atoms with van der Waals surface area (Å²) in [6, 6.07) is 11.8. The maximum absolute atomic E-state index is 12.2. The van der Waals surface area contributed by atoms with Gasteiger partial charge < -0.3 is 10.1 Å². The Morgan fingerprint density at radius 3 is 2.32 bits per heavy atom. The van der Waals surface area contributed by atoms with E-state index < -0.39 is 0 Å². The third-order valence-corrected chi connectivity index (χ3v) is 4.65. The first-order valence-corrected chi connectivity index (χ1v) is 8.48. The van der Waals surface area contributed by atoms with Gasteiger partial charge in [-0.05, 0) is 36.5 Å². The zero-order chi connectivity index (χ0) is 18.0. The molecule has 2 amide bonds. The Bertz CT molecular complexity index is 838. The van der Waals surface area contributed by atoms with Crippen LogP contribution in [0.1, 0.15) is 20.7 Å². The Morgan fingerprint density at radius 1 is 1.04 bits per heavy atom. The van der Waals surface area contributed by atoms with Crippen molar-refractivity contribution in [1.29, 1.82) is 0 Å². The molecule has 25 heavy (non-hydrogen) atoms. The predicted octanol–water partition coefficient (Wildman–Crippen LogP) is 4.00. The van der Waals surface area contributed by atoms with Crippen LogP contribution in [0.15, 0.2) is 42.5 Å². The van der Waals surface area contributed by atoms with Crippen LogP contribution >= 0.6 is 35.4 Å². The zero-order valence-electron chi connectivity index (χ0n) is 12.8. The van der Waals surface area contributed by atoms with Crippen molar-refractivity contribution in [3.8, 4) is 0 Å². The number of nitrogens with zero attached hydrogens (tertiary/aromatic N) is 1. The maximum Gasteiger partial charge on any atom is 0.261 e. The lowest BCUT2D eigenvalue weighted by Crippen LogP contribution is -2.33. The van der Waals surface area contributed by atoms with Crippen LogP contribution in [0, 0.1) is 0 Å². The summed E-state index contributed by atoms with van der Waals surface area (Å²) in [7, 11) is 0. The third-order valence-electron chi connectivity index (χ3n) is 3.61. The third kappa shape index (κ3) is 3.61. The minimum atomic E-state index is -0.332. The summed E-state index contributed by atoms with van der Waals surface area (Å²) < 4.78 is 5.37. The molecular weight excluding hydrogens is 383 g/mol. The maximum atomic E-state index is 12.2. The second-order valence-corrected chi connectivity index (χ2v) is 6.33. The number of amides is 2. The number of nitrogens with one attached hydrogen (secondary N) is 1. The number of carbonyl (C=O) groups excluding carboxylic acids is 2. The fourth-order valence-electron chi connectivity index (χ4n) is 2.42. The summed E-state index contributed by atoms with van der Waals surface area (Å²) in [4.78, 5) is 25.6. The lowest BCUT2D eigenvalue weighted by molar-refractivity contribution is 0.0629. The van der Waals surface area contributed by atoms with Gasteiger partial charge in [-0.25, -0.2) is 0 Å². The molecule has 1 aliphatic rings. The van der Waals surface area contributed by atoms with Crippen molar-refractivity contribution < 1.29 is 14.3 Å². The van der Waals surface area contributed by atoms with E-state index in [4.69, 9.17) is 40.2 Å². The van der Waals surface area contributed by atoms with Gasteiger partial charge in [0.05, 0.1) is 33.4 Å². The molecule has 1 N–H and O–H groups in total. The molecule has 3 rings (SSSR count). The van der Waals surface area contributed by atoms with Crippen LogP contribution in [-0.4, -0.2) is 35.0 Å². The van der Waals surface area contributed by atoms with Crippen LogP contribution in [0.3, 0.4) is 0 Å². The van der Waals surface area contributed by atoms with E-state index in [-0.39, 0.29) is 30.1 Å². The van der Waals surface area contributed by atoms with Gasteiger partial charge in [0.15, 0.2) is 0 Å². The molecule has 8 heteroatoms. The summed E-state index contributed by atoms with van der Waals surface area (Å²) in [5.74, 6) is -0.665. The summed E-state index contributed by atoms with van der Waals surface area (Å²) in [6.45, 7) is 0.160. The highest BCUT2D eigenvalue weighted by atomic mass is 35.5. The molecule has 0 saturated heterocycles. The number of imide groups is 1.